The topological polar surface area (TPSA) is 139 Å². The Bertz CT molecular complexity index is 1780. The standard InChI is InChI=1S/C23H23O5P.C16H16O5/c1-5-20(24)27-14-17-12-16(3)22(18(13-17)15-28-21(25)6-2)23(26)29(4)19-10-8-7-9-11-19;1-4-15(18)20-9-12-6-11(3)14(8-17)13(7-12)10-21-16(19)5-2/h5-13H,1-2,14-15H2,3-4H3;4-8H,1-2,9-10H2,3H3. The second kappa shape index (κ2) is 20.6. The van der Waals surface area contributed by atoms with Gasteiger partial charge in [-0.1, -0.05) is 68.8 Å². The van der Waals surface area contributed by atoms with E-state index in [0.717, 1.165) is 35.2 Å². The summed E-state index contributed by atoms with van der Waals surface area (Å²) in [5.41, 5.74) is 4.91. The average molecular weight is 699 g/mol. The van der Waals surface area contributed by atoms with Crippen molar-refractivity contribution < 1.29 is 47.7 Å². The fraction of sp³-hybridized carbons (Fsp3) is 0.179. The molecule has 260 valence electrons. The first-order chi connectivity index (χ1) is 23.9. The van der Waals surface area contributed by atoms with Crippen LogP contribution in [0.5, 0.6) is 0 Å². The van der Waals surface area contributed by atoms with E-state index in [1.165, 1.54) is 0 Å². The first-order valence-corrected chi connectivity index (χ1v) is 16.9. The molecule has 0 saturated heterocycles. The van der Waals surface area contributed by atoms with Crippen molar-refractivity contribution in [2.75, 3.05) is 6.66 Å². The maximum Gasteiger partial charge on any atom is 0.330 e. The lowest BCUT2D eigenvalue weighted by molar-refractivity contribution is -0.140. The molecule has 3 rings (SSSR count). The van der Waals surface area contributed by atoms with Gasteiger partial charge < -0.3 is 18.9 Å². The smallest absolute Gasteiger partial charge is 0.330 e. The van der Waals surface area contributed by atoms with Crippen molar-refractivity contribution in [3.8, 4) is 0 Å². The van der Waals surface area contributed by atoms with E-state index in [9.17, 15) is 28.8 Å². The van der Waals surface area contributed by atoms with Crippen LogP contribution in [0.1, 0.15) is 54.1 Å². The van der Waals surface area contributed by atoms with Crippen LogP contribution in [-0.2, 0) is 64.6 Å². The van der Waals surface area contributed by atoms with E-state index in [2.05, 4.69) is 26.3 Å². The highest BCUT2D eigenvalue weighted by molar-refractivity contribution is 7.81. The van der Waals surface area contributed by atoms with Crippen LogP contribution in [0, 0.1) is 13.8 Å². The molecule has 0 fully saturated rings. The molecule has 0 aromatic heterocycles. The lowest BCUT2D eigenvalue weighted by Gasteiger charge is -2.18. The Morgan fingerprint density at radius 2 is 1.04 bits per heavy atom. The number of esters is 4. The highest BCUT2D eigenvalue weighted by atomic mass is 31.1. The van der Waals surface area contributed by atoms with Crippen LogP contribution in [0.2, 0.25) is 0 Å². The zero-order valence-corrected chi connectivity index (χ0v) is 29.2. The minimum Gasteiger partial charge on any atom is -0.458 e. The summed E-state index contributed by atoms with van der Waals surface area (Å²) in [4.78, 5) is 69.5. The van der Waals surface area contributed by atoms with Crippen molar-refractivity contribution in [2.45, 2.75) is 40.3 Å². The summed E-state index contributed by atoms with van der Waals surface area (Å²) in [6.45, 7) is 18.8. The van der Waals surface area contributed by atoms with Crippen molar-refractivity contribution in [2.24, 2.45) is 0 Å². The minimum atomic E-state index is -1.10. The van der Waals surface area contributed by atoms with Crippen molar-refractivity contribution in [1.29, 1.82) is 0 Å². The highest BCUT2D eigenvalue weighted by Crippen LogP contribution is 2.37. The van der Waals surface area contributed by atoms with E-state index in [-0.39, 0.29) is 32.0 Å². The average Bonchev–Trinajstić information content (AvgIpc) is 3.13. The molecule has 0 N–H and O–H groups in total. The van der Waals surface area contributed by atoms with E-state index < -0.39 is 31.8 Å². The van der Waals surface area contributed by atoms with Gasteiger partial charge in [0.25, 0.3) is 0 Å². The van der Waals surface area contributed by atoms with Crippen LogP contribution in [0.4, 0.5) is 0 Å². The molecule has 0 bridgehead atoms. The maximum atomic E-state index is 13.3. The SMILES string of the molecule is C=CC(=O)OCc1cc(C)c(C(=O)P(C)c2ccccc2)c(COC(=O)C=C)c1.C=CC(=O)OCc1cc(C)c(C=O)c(COC(=O)C=C)c1. The van der Waals surface area contributed by atoms with Gasteiger partial charge in [0.2, 0.25) is 0 Å². The molecule has 0 aliphatic carbocycles. The van der Waals surface area contributed by atoms with E-state index in [4.69, 9.17) is 18.9 Å². The number of carbonyl (C=O) groups excluding carboxylic acids is 6. The van der Waals surface area contributed by atoms with Gasteiger partial charge in [0.15, 0.2) is 11.8 Å². The van der Waals surface area contributed by atoms with E-state index in [1.807, 2.05) is 43.9 Å². The van der Waals surface area contributed by atoms with Crippen molar-refractivity contribution in [1.82, 2.24) is 0 Å². The molecule has 3 aromatic carbocycles. The Hall–Kier alpha value is -5.73. The van der Waals surface area contributed by atoms with E-state index in [0.29, 0.717) is 45.2 Å². The number of carbonyl (C=O) groups is 6. The van der Waals surface area contributed by atoms with Gasteiger partial charge in [0.05, 0.1) is 0 Å². The molecule has 50 heavy (non-hydrogen) atoms. The number of hydrogen-bond donors (Lipinski definition) is 0. The minimum absolute atomic E-state index is 0.0111. The number of aldehydes is 1. The van der Waals surface area contributed by atoms with Gasteiger partial charge in [-0.15, -0.1) is 0 Å². The summed E-state index contributed by atoms with van der Waals surface area (Å²) in [6, 6.07) is 16.5. The predicted octanol–water partition coefficient (Wildman–Crippen LogP) is 6.30. The monoisotopic (exact) mass is 698 g/mol. The Morgan fingerprint density at radius 3 is 1.50 bits per heavy atom. The van der Waals surface area contributed by atoms with Crippen molar-refractivity contribution in [3.63, 3.8) is 0 Å². The van der Waals surface area contributed by atoms with Gasteiger partial charge in [0, 0.05) is 46.6 Å². The van der Waals surface area contributed by atoms with Crippen LogP contribution in [-0.4, -0.2) is 42.4 Å². The second-order valence-corrected chi connectivity index (χ2v) is 12.5. The zero-order chi connectivity index (χ0) is 37.2. The zero-order valence-electron chi connectivity index (χ0n) is 28.3. The third kappa shape index (κ3) is 12.4. The molecule has 0 amide bonds. The molecule has 1 atom stereocenters. The third-order valence-electron chi connectivity index (χ3n) is 6.96. The maximum absolute atomic E-state index is 13.3. The van der Waals surface area contributed by atoms with Crippen molar-refractivity contribution >= 4 is 48.9 Å². The summed E-state index contributed by atoms with van der Waals surface area (Å²) >= 11 is 0. The molecule has 11 heteroatoms. The summed E-state index contributed by atoms with van der Waals surface area (Å²) in [6.07, 6.45) is 4.97. The normalized spacial score (nSPS) is 10.5. The Kier molecular flexibility index (Phi) is 16.7. The fourth-order valence-electron chi connectivity index (χ4n) is 4.55. The first kappa shape index (κ1) is 40.4. The Labute approximate surface area is 292 Å². The third-order valence-corrected chi connectivity index (χ3v) is 8.86. The molecule has 10 nitrogen and oxygen atoms in total. The summed E-state index contributed by atoms with van der Waals surface area (Å²) in [5, 5.41) is 0.963. The predicted molar refractivity (Wildman–Crippen MR) is 191 cm³/mol. The molecule has 0 aliphatic rings. The summed E-state index contributed by atoms with van der Waals surface area (Å²) in [7, 11) is -1.10. The van der Waals surface area contributed by atoms with E-state index in [1.54, 1.807) is 31.2 Å². The van der Waals surface area contributed by atoms with Crippen LogP contribution < -0.4 is 5.30 Å². The molecular formula is C39H39O10P. The van der Waals surface area contributed by atoms with Crippen LogP contribution in [0.25, 0.3) is 0 Å². The van der Waals surface area contributed by atoms with Crippen LogP contribution >= 0.6 is 7.92 Å². The number of rotatable bonds is 16. The van der Waals surface area contributed by atoms with E-state index >= 15 is 0 Å². The van der Waals surface area contributed by atoms with Gasteiger partial charge in [0.1, 0.15) is 26.4 Å². The van der Waals surface area contributed by atoms with Gasteiger partial charge >= 0.3 is 23.9 Å². The lowest BCUT2D eigenvalue weighted by Crippen LogP contribution is -2.14. The molecule has 0 radical (unpaired) electrons. The van der Waals surface area contributed by atoms with Gasteiger partial charge in [-0.05, 0) is 68.1 Å². The van der Waals surface area contributed by atoms with Crippen LogP contribution in [0.3, 0.4) is 0 Å². The molecule has 0 saturated carbocycles. The molecule has 3 aromatic rings. The van der Waals surface area contributed by atoms with Gasteiger partial charge in [-0.25, -0.2) is 19.2 Å². The number of benzene rings is 3. The number of ether oxygens (including phenoxy) is 4. The molecule has 1 unspecified atom stereocenters. The van der Waals surface area contributed by atoms with Crippen LogP contribution in [0.15, 0.2) is 105 Å². The largest absolute Gasteiger partial charge is 0.458 e. The van der Waals surface area contributed by atoms with Gasteiger partial charge in [-0.2, -0.15) is 0 Å². The van der Waals surface area contributed by atoms with Gasteiger partial charge in [-0.3, -0.25) is 9.59 Å². The first-order valence-electron chi connectivity index (χ1n) is 15.1. The molecule has 0 aliphatic heterocycles. The molecule has 0 spiro atoms. The summed E-state index contributed by atoms with van der Waals surface area (Å²) in [5.74, 6) is -2.23. The fourth-order valence-corrected chi connectivity index (χ4v) is 6.06. The Morgan fingerprint density at radius 1 is 0.620 bits per heavy atom. The second-order valence-electron chi connectivity index (χ2n) is 10.5. The molecular weight excluding hydrogens is 659 g/mol. The highest BCUT2D eigenvalue weighted by Gasteiger charge is 2.23. The number of aryl methyl sites for hydroxylation is 2. The number of hydrogen-bond acceptors (Lipinski definition) is 10. The lowest BCUT2D eigenvalue weighted by atomic mass is 9.99. The quantitative estimate of drug-likeness (QED) is 0.0551. The molecule has 0 heterocycles. The van der Waals surface area contributed by atoms with Crippen molar-refractivity contribution in [3.05, 3.63) is 150 Å². The Balaban J connectivity index is 0.000000366. The summed E-state index contributed by atoms with van der Waals surface area (Å²) < 4.78 is 20.1.